The van der Waals surface area contributed by atoms with E-state index in [1.54, 1.807) is 0 Å². The highest BCUT2D eigenvalue weighted by atomic mass is 16.3. The molecule has 1 aliphatic carbocycles. The third kappa shape index (κ3) is 2.87. The summed E-state index contributed by atoms with van der Waals surface area (Å²) in [5.41, 5.74) is 10.2. The molecule has 0 saturated heterocycles. The summed E-state index contributed by atoms with van der Waals surface area (Å²) in [5.74, 6) is 0. The third-order valence-corrected chi connectivity index (χ3v) is 5.16. The zero-order valence-electron chi connectivity index (χ0n) is 13.9. The number of nitrogens with two attached hydrogens (primary N) is 1. The van der Waals surface area contributed by atoms with Gasteiger partial charge in [0.2, 0.25) is 0 Å². The van der Waals surface area contributed by atoms with Gasteiger partial charge >= 0.3 is 0 Å². The number of aliphatic hydroxyl groups excluding tert-OH is 2. The number of rotatable bonds is 3. The van der Waals surface area contributed by atoms with Gasteiger partial charge in [-0.05, 0) is 52.8 Å². The van der Waals surface area contributed by atoms with E-state index >= 15 is 0 Å². The van der Waals surface area contributed by atoms with Crippen LogP contribution in [-0.2, 0) is 10.8 Å². The van der Waals surface area contributed by atoms with Gasteiger partial charge in [0.1, 0.15) is 6.10 Å². The molecule has 1 aromatic carbocycles. The first kappa shape index (κ1) is 16.5. The maximum atomic E-state index is 10.3. The van der Waals surface area contributed by atoms with Crippen molar-refractivity contribution in [3.63, 3.8) is 0 Å². The average Bonchev–Trinajstić information content (AvgIpc) is 2.42. The van der Waals surface area contributed by atoms with Crippen molar-refractivity contribution >= 4 is 0 Å². The second-order valence-corrected chi connectivity index (χ2v) is 7.77. The molecule has 21 heavy (non-hydrogen) atoms. The number of aliphatic hydroxyl groups is 2. The van der Waals surface area contributed by atoms with Gasteiger partial charge in [0, 0.05) is 6.54 Å². The van der Waals surface area contributed by atoms with Crippen LogP contribution in [0.4, 0.5) is 0 Å². The Balaban J connectivity index is 2.59. The average molecular weight is 291 g/mol. The molecule has 0 spiro atoms. The molecule has 0 aromatic heterocycles. The predicted octanol–water partition coefficient (Wildman–Crippen LogP) is 2.70. The maximum absolute atomic E-state index is 10.3. The van der Waals surface area contributed by atoms with Crippen LogP contribution < -0.4 is 5.73 Å². The first-order valence-electron chi connectivity index (χ1n) is 7.82. The van der Waals surface area contributed by atoms with E-state index in [-0.39, 0.29) is 17.4 Å². The molecule has 0 radical (unpaired) electrons. The molecule has 0 bridgehead atoms. The minimum Gasteiger partial charge on any atom is -0.389 e. The van der Waals surface area contributed by atoms with Gasteiger partial charge in [0.15, 0.2) is 0 Å². The standard InChI is InChI=1S/C18H29NO2/c1-11-8-13-14(9-12(11)16(21)15(20)10-19)18(4,5)7-6-17(13,2)3/h8-9,15-16,20-21H,6-7,10,19H2,1-5H3. The lowest BCUT2D eigenvalue weighted by molar-refractivity contribution is 0.0238. The van der Waals surface area contributed by atoms with E-state index in [2.05, 4.69) is 39.8 Å². The molecule has 0 fully saturated rings. The van der Waals surface area contributed by atoms with Crippen LogP contribution in [0.25, 0.3) is 0 Å². The fourth-order valence-corrected chi connectivity index (χ4v) is 3.39. The fourth-order valence-electron chi connectivity index (χ4n) is 3.39. The number of hydrogen-bond donors (Lipinski definition) is 3. The molecular weight excluding hydrogens is 262 g/mol. The first-order valence-corrected chi connectivity index (χ1v) is 7.82. The summed E-state index contributed by atoms with van der Waals surface area (Å²) in [6.07, 6.45) is 0.466. The Kier molecular flexibility index (Phi) is 4.22. The number of hydrogen-bond acceptors (Lipinski definition) is 3. The summed E-state index contributed by atoms with van der Waals surface area (Å²) in [6.45, 7) is 11.1. The molecule has 0 heterocycles. The highest BCUT2D eigenvalue weighted by Crippen LogP contribution is 2.47. The van der Waals surface area contributed by atoms with E-state index in [1.165, 1.54) is 17.5 Å². The molecule has 1 aliphatic rings. The van der Waals surface area contributed by atoms with E-state index in [0.29, 0.717) is 0 Å². The monoisotopic (exact) mass is 291 g/mol. The molecule has 4 N–H and O–H groups in total. The smallest absolute Gasteiger partial charge is 0.106 e. The van der Waals surface area contributed by atoms with Gasteiger partial charge in [0.05, 0.1) is 6.10 Å². The van der Waals surface area contributed by atoms with Crippen molar-refractivity contribution in [2.24, 2.45) is 5.73 Å². The maximum Gasteiger partial charge on any atom is 0.106 e. The lowest BCUT2D eigenvalue weighted by atomic mass is 9.62. The normalized spacial score (nSPS) is 22.5. The van der Waals surface area contributed by atoms with E-state index in [1.807, 2.05) is 6.92 Å². The van der Waals surface area contributed by atoms with E-state index in [4.69, 9.17) is 5.73 Å². The summed E-state index contributed by atoms with van der Waals surface area (Å²) < 4.78 is 0. The van der Waals surface area contributed by atoms with Gasteiger partial charge in [-0.3, -0.25) is 0 Å². The molecular formula is C18H29NO2. The van der Waals surface area contributed by atoms with Crippen molar-refractivity contribution in [1.82, 2.24) is 0 Å². The van der Waals surface area contributed by atoms with Crippen LogP contribution >= 0.6 is 0 Å². The fraction of sp³-hybridized carbons (Fsp3) is 0.667. The van der Waals surface area contributed by atoms with Crippen molar-refractivity contribution in [2.45, 2.75) is 70.5 Å². The topological polar surface area (TPSA) is 66.5 Å². The Morgan fingerprint density at radius 2 is 1.52 bits per heavy atom. The summed E-state index contributed by atoms with van der Waals surface area (Å²) >= 11 is 0. The summed E-state index contributed by atoms with van der Waals surface area (Å²) in [4.78, 5) is 0. The van der Waals surface area contributed by atoms with Crippen molar-refractivity contribution in [1.29, 1.82) is 0 Å². The van der Waals surface area contributed by atoms with Gasteiger partial charge in [0.25, 0.3) is 0 Å². The van der Waals surface area contributed by atoms with Gasteiger partial charge in [-0.15, -0.1) is 0 Å². The summed E-state index contributed by atoms with van der Waals surface area (Å²) in [5, 5.41) is 20.2. The Labute approximate surface area is 128 Å². The minimum absolute atomic E-state index is 0.0621. The molecule has 2 rings (SSSR count). The van der Waals surface area contributed by atoms with Crippen LogP contribution in [0.3, 0.4) is 0 Å². The minimum atomic E-state index is -0.916. The molecule has 2 atom stereocenters. The van der Waals surface area contributed by atoms with E-state index < -0.39 is 12.2 Å². The van der Waals surface area contributed by atoms with Gasteiger partial charge in [-0.1, -0.05) is 39.8 Å². The van der Waals surface area contributed by atoms with Crippen LogP contribution in [0.5, 0.6) is 0 Å². The Hall–Kier alpha value is -0.900. The van der Waals surface area contributed by atoms with Crippen molar-refractivity contribution in [3.8, 4) is 0 Å². The second-order valence-electron chi connectivity index (χ2n) is 7.77. The van der Waals surface area contributed by atoms with E-state index in [0.717, 1.165) is 17.5 Å². The Bertz CT molecular complexity index is 534. The molecule has 3 heteroatoms. The quantitative estimate of drug-likeness (QED) is 0.802. The van der Waals surface area contributed by atoms with Crippen LogP contribution in [-0.4, -0.2) is 22.9 Å². The van der Waals surface area contributed by atoms with Crippen LogP contribution in [0, 0.1) is 6.92 Å². The molecule has 0 aliphatic heterocycles. The molecule has 118 valence electrons. The molecule has 2 unspecified atom stereocenters. The zero-order chi connectivity index (χ0) is 16.0. The number of aryl methyl sites for hydroxylation is 1. The Morgan fingerprint density at radius 3 is 2.00 bits per heavy atom. The predicted molar refractivity (Wildman–Crippen MR) is 86.5 cm³/mol. The molecule has 1 aromatic rings. The van der Waals surface area contributed by atoms with Gasteiger partial charge in [-0.25, -0.2) is 0 Å². The second kappa shape index (κ2) is 5.38. The molecule has 3 nitrogen and oxygen atoms in total. The van der Waals surface area contributed by atoms with Crippen LogP contribution in [0.15, 0.2) is 12.1 Å². The third-order valence-electron chi connectivity index (χ3n) is 5.16. The molecule has 0 saturated carbocycles. The summed E-state index contributed by atoms with van der Waals surface area (Å²) in [6, 6.07) is 4.28. The molecule has 0 amide bonds. The van der Waals surface area contributed by atoms with Crippen molar-refractivity contribution < 1.29 is 10.2 Å². The van der Waals surface area contributed by atoms with Crippen LogP contribution in [0.2, 0.25) is 0 Å². The van der Waals surface area contributed by atoms with Crippen molar-refractivity contribution in [2.75, 3.05) is 6.54 Å². The lowest BCUT2D eigenvalue weighted by Gasteiger charge is -2.42. The SMILES string of the molecule is Cc1cc2c(cc1C(O)C(O)CN)C(C)(C)CCC2(C)C. The largest absolute Gasteiger partial charge is 0.389 e. The Morgan fingerprint density at radius 1 is 1.05 bits per heavy atom. The lowest BCUT2D eigenvalue weighted by Crippen LogP contribution is -2.35. The zero-order valence-corrected chi connectivity index (χ0v) is 13.9. The first-order chi connectivity index (χ1) is 9.60. The van der Waals surface area contributed by atoms with E-state index in [9.17, 15) is 10.2 Å². The highest BCUT2D eigenvalue weighted by Gasteiger charge is 2.38. The van der Waals surface area contributed by atoms with Gasteiger partial charge < -0.3 is 15.9 Å². The highest BCUT2D eigenvalue weighted by molar-refractivity contribution is 5.47. The van der Waals surface area contributed by atoms with Gasteiger partial charge in [-0.2, -0.15) is 0 Å². The number of fused-ring (bicyclic) bond motifs is 1. The van der Waals surface area contributed by atoms with Crippen LogP contribution in [0.1, 0.15) is 68.9 Å². The van der Waals surface area contributed by atoms with Crippen molar-refractivity contribution in [3.05, 3.63) is 34.4 Å². The number of benzene rings is 1. The summed E-state index contributed by atoms with van der Waals surface area (Å²) in [7, 11) is 0.